The highest BCUT2D eigenvalue weighted by Gasteiger charge is 2.17. The molecular formula is C18H27NO3. The SMILES string of the molecule is CC(C)(C)OC(=O)CCNC(=O)c1ccc(C(C)(C)C)cc1. The number of amides is 1. The van der Waals surface area contributed by atoms with Gasteiger partial charge in [0.05, 0.1) is 6.42 Å². The highest BCUT2D eigenvalue weighted by atomic mass is 16.6. The van der Waals surface area contributed by atoms with Gasteiger partial charge >= 0.3 is 5.97 Å². The lowest BCUT2D eigenvalue weighted by atomic mass is 9.87. The molecule has 0 radical (unpaired) electrons. The van der Waals surface area contributed by atoms with Gasteiger partial charge in [0.25, 0.3) is 5.91 Å². The topological polar surface area (TPSA) is 55.4 Å². The zero-order chi connectivity index (χ0) is 17.0. The minimum atomic E-state index is -0.496. The molecule has 122 valence electrons. The van der Waals surface area contributed by atoms with Gasteiger partial charge in [0.2, 0.25) is 0 Å². The van der Waals surface area contributed by atoms with E-state index in [4.69, 9.17) is 4.74 Å². The van der Waals surface area contributed by atoms with Crippen molar-refractivity contribution in [3.63, 3.8) is 0 Å². The van der Waals surface area contributed by atoms with Crippen molar-refractivity contribution in [2.75, 3.05) is 6.54 Å². The van der Waals surface area contributed by atoms with Gasteiger partial charge in [-0.05, 0) is 43.9 Å². The van der Waals surface area contributed by atoms with Crippen molar-refractivity contribution in [3.05, 3.63) is 35.4 Å². The average Bonchev–Trinajstić information content (AvgIpc) is 2.35. The van der Waals surface area contributed by atoms with Crippen LogP contribution >= 0.6 is 0 Å². The van der Waals surface area contributed by atoms with Gasteiger partial charge in [-0.15, -0.1) is 0 Å². The maximum Gasteiger partial charge on any atom is 0.308 e. The van der Waals surface area contributed by atoms with E-state index in [-0.39, 0.29) is 30.3 Å². The molecule has 0 aliphatic carbocycles. The summed E-state index contributed by atoms with van der Waals surface area (Å²) in [5.41, 5.74) is 1.34. The van der Waals surface area contributed by atoms with Gasteiger partial charge in [-0.1, -0.05) is 32.9 Å². The molecule has 1 amide bonds. The molecule has 0 aliphatic rings. The van der Waals surface area contributed by atoms with E-state index in [1.54, 1.807) is 0 Å². The molecule has 4 heteroatoms. The highest BCUT2D eigenvalue weighted by molar-refractivity contribution is 5.94. The van der Waals surface area contributed by atoms with Crippen LogP contribution in [0.15, 0.2) is 24.3 Å². The normalized spacial score (nSPS) is 11.9. The Kier molecular flexibility index (Phi) is 5.75. The first kappa shape index (κ1) is 18.2. The summed E-state index contributed by atoms with van der Waals surface area (Å²) >= 11 is 0. The molecule has 0 atom stereocenters. The third-order valence-corrected chi connectivity index (χ3v) is 3.05. The quantitative estimate of drug-likeness (QED) is 0.867. The number of ether oxygens (including phenoxy) is 1. The predicted octanol–water partition coefficient (Wildman–Crippen LogP) is 3.45. The molecule has 0 fully saturated rings. The van der Waals surface area contributed by atoms with E-state index >= 15 is 0 Å². The zero-order valence-corrected chi connectivity index (χ0v) is 14.4. The van der Waals surface area contributed by atoms with E-state index in [2.05, 4.69) is 26.1 Å². The standard InChI is InChI=1S/C18H27NO3/c1-17(2,3)14-9-7-13(8-10-14)16(21)19-12-11-15(20)22-18(4,5)6/h7-10H,11-12H2,1-6H3,(H,19,21). The van der Waals surface area contributed by atoms with Crippen LogP contribution < -0.4 is 5.32 Å². The Morgan fingerprint density at radius 2 is 1.55 bits per heavy atom. The minimum Gasteiger partial charge on any atom is -0.460 e. The van der Waals surface area contributed by atoms with E-state index in [1.165, 1.54) is 5.56 Å². The second kappa shape index (κ2) is 6.95. The Bertz CT molecular complexity index is 519. The van der Waals surface area contributed by atoms with Gasteiger partial charge in [0.1, 0.15) is 5.60 Å². The van der Waals surface area contributed by atoms with Gasteiger partial charge in [-0.25, -0.2) is 0 Å². The summed E-state index contributed by atoms with van der Waals surface area (Å²) in [6.07, 6.45) is 0.170. The first-order chi connectivity index (χ1) is 9.99. The lowest BCUT2D eigenvalue weighted by molar-refractivity contribution is -0.154. The van der Waals surface area contributed by atoms with Crippen molar-refractivity contribution in [2.24, 2.45) is 0 Å². The molecular weight excluding hydrogens is 278 g/mol. The second-order valence-electron chi connectivity index (χ2n) is 7.42. The maximum atomic E-state index is 12.0. The fraction of sp³-hybridized carbons (Fsp3) is 0.556. The average molecular weight is 305 g/mol. The number of nitrogens with one attached hydrogen (secondary N) is 1. The Labute approximate surface area is 133 Å². The van der Waals surface area contributed by atoms with Crippen molar-refractivity contribution in [2.45, 2.75) is 59.0 Å². The lowest BCUT2D eigenvalue weighted by Crippen LogP contribution is -2.29. The van der Waals surface area contributed by atoms with Crippen molar-refractivity contribution < 1.29 is 14.3 Å². The summed E-state index contributed by atoms with van der Waals surface area (Å²) in [5, 5.41) is 2.73. The lowest BCUT2D eigenvalue weighted by Gasteiger charge is -2.19. The molecule has 1 aromatic carbocycles. The van der Waals surface area contributed by atoms with Crippen LogP contribution in [0, 0.1) is 0 Å². The third kappa shape index (κ3) is 6.29. The molecule has 4 nitrogen and oxygen atoms in total. The molecule has 0 saturated heterocycles. The Hall–Kier alpha value is -1.84. The second-order valence-corrected chi connectivity index (χ2v) is 7.42. The number of carbonyl (C=O) groups excluding carboxylic acids is 2. The number of rotatable bonds is 4. The van der Waals surface area contributed by atoms with E-state index in [0.29, 0.717) is 5.56 Å². The van der Waals surface area contributed by atoms with Gasteiger partial charge in [-0.3, -0.25) is 9.59 Å². The van der Waals surface area contributed by atoms with E-state index in [0.717, 1.165) is 0 Å². The Morgan fingerprint density at radius 1 is 1.00 bits per heavy atom. The van der Waals surface area contributed by atoms with Crippen LogP contribution in [-0.4, -0.2) is 24.0 Å². The molecule has 1 aromatic rings. The monoisotopic (exact) mass is 305 g/mol. The largest absolute Gasteiger partial charge is 0.460 e. The summed E-state index contributed by atoms with van der Waals surface area (Å²) in [5.74, 6) is -0.486. The molecule has 0 saturated carbocycles. The summed E-state index contributed by atoms with van der Waals surface area (Å²) in [7, 11) is 0. The summed E-state index contributed by atoms with van der Waals surface area (Å²) in [6.45, 7) is 12.1. The summed E-state index contributed by atoms with van der Waals surface area (Å²) in [6, 6.07) is 7.54. The molecule has 22 heavy (non-hydrogen) atoms. The van der Waals surface area contributed by atoms with Crippen LogP contribution in [-0.2, 0) is 14.9 Å². The van der Waals surface area contributed by atoms with E-state index in [1.807, 2.05) is 45.0 Å². The molecule has 0 aliphatic heterocycles. The fourth-order valence-electron chi connectivity index (χ4n) is 1.89. The molecule has 0 spiro atoms. The number of benzene rings is 1. The Morgan fingerprint density at radius 3 is 2.00 bits per heavy atom. The molecule has 0 bridgehead atoms. The van der Waals surface area contributed by atoms with Crippen molar-refractivity contribution in [1.82, 2.24) is 5.32 Å². The van der Waals surface area contributed by atoms with Crippen LogP contribution in [0.4, 0.5) is 0 Å². The molecule has 0 heterocycles. The van der Waals surface area contributed by atoms with Crippen LogP contribution in [0.3, 0.4) is 0 Å². The predicted molar refractivity (Wildman–Crippen MR) is 87.9 cm³/mol. The summed E-state index contributed by atoms with van der Waals surface area (Å²) in [4.78, 5) is 23.6. The number of carbonyl (C=O) groups is 2. The van der Waals surface area contributed by atoms with E-state index < -0.39 is 5.60 Å². The molecule has 1 rings (SSSR count). The summed E-state index contributed by atoms with van der Waals surface area (Å²) < 4.78 is 5.19. The number of esters is 1. The van der Waals surface area contributed by atoms with Gasteiger partial charge < -0.3 is 10.1 Å². The highest BCUT2D eigenvalue weighted by Crippen LogP contribution is 2.22. The van der Waals surface area contributed by atoms with Crippen LogP contribution in [0.1, 0.15) is 63.9 Å². The zero-order valence-electron chi connectivity index (χ0n) is 14.4. The van der Waals surface area contributed by atoms with Gasteiger partial charge in [0, 0.05) is 12.1 Å². The van der Waals surface area contributed by atoms with Crippen LogP contribution in [0.25, 0.3) is 0 Å². The smallest absolute Gasteiger partial charge is 0.308 e. The first-order valence-corrected chi connectivity index (χ1v) is 7.59. The van der Waals surface area contributed by atoms with Gasteiger partial charge in [-0.2, -0.15) is 0 Å². The van der Waals surface area contributed by atoms with Crippen molar-refractivity contribution in [1.29, 1.82) is 0 Å². The van der Waals surface area contributed by atoms with Crippen LogP contribution in [0.5, 0.6) is 0 Å². The molecule has 0 aromatic heterocycles. The third-order valence-electron chi connectivity index (χ3n) is 3.05. The Balaban J connectivity index is 2.48. The van der Waals surface area contributed by atoms with E-state index in [9.17, 15) is 9.59 Å². The fourth-order valence-corrected chi connectivity index (χ4v) is 1.89. The van der Waals surface area contributed by atoms with Gasteiger partial charge in [0.15, 0.2) is 0 Å². The number of hydrogen-bond acceptors (Lipinski definition) is 3. The minimum absolute atomic E-state index is 0.0612. The molecule has 0 unspecified atom stereocenters. The number of hydrogen-bond donors (Lipinski definition) is 1. The maximum absolute atomic E-state index is 12.0. The van der Waals surface area contributed by atoms with Crippen molar-refractivity contribution >= 4 is 11.9 Å². The first-order valence-electron chi connectivity index (χ1n) is 7.59. The van der Waals surface area contributed by atoms with Crippen molar-refractivity contribution in [3.8, 4) is 0 Å². The van der Waals surface area contributed by atoms with Crippen LogP contribution in [0.2, 0.25) is 0 Å². The molecule has 1 N–H and O–H groups in total.